The second-order valence-corrected chi connectivity index (χ2v) is 10.3. The van der Waals surface area contributed by atoms with E-state index in [2.05, 4.69) is 48.7 Å². The topological polar surface area (TPSA) is 44.3 Å². The van der Waals surface area contributed by atoms with Crippen LogP contribution in [-0.2, 0) is 12.0 Å². The van der Waals surface area contributed by atoms with Gasteiger partial charge in [0.25, 0.3) is 0 Å². The van der Waals surface area contributed by atoms with Crippen molar-refractivity contribution in [3.8, 4) is 0 Å². The normalized spacial score (nSPS) is 17.5. The molecule has 2 aromatic rings. The Morgan fingerprint density at radius 1 is 1.06 bits per heavy atom. The first-order valence-electron chi connectivity index (χ1n) is 11.9. The lowest BCUT2D eigenvalue weighted by Gasteiger charge is -2.40. The molecular weight excluding hydrogens is 438 g/mol. The molecule has 1 aliphatic rings. The average molecular weight is 475 g/mol. The Bertz CT molecular complexity index is 923. The number of rotatable bonds is 9. The predicted octanol–water partition coefficient (Wildman–Crippen LogP) is 5.75. The van der Waals surface area contributed by atoms with Gasteiger partial charge in [-0.25, -0.2) is 8.78 Å². The minimum atomic E-state index is -0.790. The number of nitrogens with one attached hydrogen (secondary N) is 2. The molecule has 0 aromatic heterocycles. The molecule has 3 nitrogen and oxygen atoms in total. The van der Waals surface area contributed by atoms with Crippen LogP contribution in [0.5, 0.6) is 0 Å². The molecule has 33 heavy (non-hydrogen) atoms. The second-order valence-electron chi connectivity index (χ2n) is 9.66. The van der Waals surface area contributed by atoms with Gasteiger partial charge in [-0.2, -0.15) is 0 Å². The standard InChI is InChI=1S/C27H36F2N2OS/c1-18(2)21-8-7-9-22(15-21)27(10-5-4-6-11-27)30-17-26(32)25(31-19(3)33)14-20-12-23(28)16-24(29)13-20/h7-9,12-13,15-16,18,25-26,30,32H,4-6,10-11,14,17H2,1-3H3,(H,31,33)/t25-,26-/m0/s1. The van der Waals surface area contributed by atoms with Gasteiger partial charge in [0, 0.05) is 18.2 Å². The van der Waals surface area contributed by atoms with Crippen LogP contribution in [0, 0.1) is 11.6 Å². The highest BCUT2D eigenvalue weighted by Gasteiger charge is 2.35. The molecule has 2 atom stereocenters. The highest BCUT2D eigenvalue weighted by atomic mass is 32.1. The van der Waals surface area contributed by atoms with Crippen molar-refractivity contribution in [2.45, 2.75) is 82.9 Å². The van der Waals surface area contributed by atoms with Crippen LogP contribution in [0.3, 0.4) is 0 Å². The van der Waals surface area contributed by atoms with Gasteiger partial charge < -0.3 is 15.7 Å². The molecule has 3 rings (SSSR count). The largest absolute Gasteiger partial charge is 0.390 e. The third-order valence-electron chi connectivity index (χ3n) is 6.69. The van der Waals surface area contributed by atoms with Gasteiger partial charge in [-0.05, 0) is 60.9 Å². The molecule has 2 aromatic carbocycles. The fraction of sp³-hybridized carbons (Fsp3) is 0.519. The van der Waals surface area contributed by atoms with E-state index in [1.807, 2.05) is 0 Å². The maximum atomic E-state index is 13.7. The first-order valence-corrected chi connectivity index (χ1v) is 12.3. The van der Waals surface area contributed by atoms with E-state index < -0.39 is 23.8 Å². The summed E-state index contributed by atoms with van der Waals surface area (Å²) in [6, 6.07) is 11.8. The van der Waals surface area contributed by atoms with Gasteiger partial charge in [0.05, 0.1) is 17.1 Å². The third kappa shape index (κ3) is 7.05. The molecule has 1 fully saturated rings. The summed E-state index contributed by atoms with van der Waals surface area (Å²) in [5.41, 5.74) is 2.87. The number of hydrogen-bond donors (Lipinski definition) is 3. The summed E-state index contributed by atoms with van der Waals surface area (Å²) in [4.78, 5) is 0.535. The second kappa shape index (κ2) is 11.5. The highest BCUT2D eigenvalue weighted by Crippen LogP contribution is 2.38. The number of benzene rings is 2. The molecule has 0 heterocycles. The molecule has 0 amide bonds. The highest BCUT2D eigenvalue weighted by molar-refractivity contribution is 7.80. The Hall–Kier alpha value is -1.89. The zero-order valence-electron chi connectivity index (χ0n) is 19.8. The van der Waals surface area contributed by atoms with Crippen LogP contribution in [0.15, 0.2) is 42.5 Å². The SMILES string of the molecule is CC(=S)N[C@@H](Cc1cc(F)cc(F)c1)[C@@H](O)CNC1(c2cccc(C(C)C)c2)CCCCC1. The lowest BCUT2D eigenvalue weighted by atomic mass is 9.75. The lowest BCUT2D eigenvalue weighted by Crippen LogP contribution is -2.53. The number of aliphatic hydroxyl groups excluding tert-OH is 1. The van der Waals surface area contributed by atoms with Crippen LogP contribution in [0.1, 0.15) is 75.5 Å². The quantitative estimate of drug-likeness (QED) is 0.405. The Morgan fingerprint density at radius 3 is 2.33 bits per heavy atom. The summed E-state index contributed by atoms with van der Waals surface area (Å²) in [6.07, 6.45) is 5.00. The van der Waals surface area contributed by atoms with Gasteiger partial charge in [0.15, 0.2) is 0 Å². The number of halogens is 2. The Balaban J connectivity index is 1.78. The van der Waals surface area contributed by atoms with Crippen LogP contribution >= 0.6 is 12.2 Å². The van der Waals surface area contributed by atoms with E-state index in [0.29, 0.717) is 23.0 Å². The van der Waals surface area contributed by atoms with Crippen LogP contribution < -0.4 is 10.6 Å². The zero-order valence-corrected chi connectivity index (χ0v) is 20.7. The van der Waals surface area contributed by atoms with Crippen LogP contribution in [0.4, 0.5) is 8.78 Å². The Kier molecular flexibility index (Phi) is 8.96. The van der Waals surface area contributed by atoms with Crippen LogP contribution in [0.2, 0.25) is 0 Å². The third-order valence-corrected chi connectivity index (χ3v) is 6.81. The molecule has 0 saturated heterocycles. The van der Waals surface area contributed by atoms with Crippen LogP contribution in [-0.4, -0.2) is 28.8 Å². The number of hydrogen-bond acceptors (Lipinski definition) is 3. The van der Waals surface area contributed by atoms with Crippen LogP contribution in [0.25, 0.3) is 0 Å². The van der Waals surface area contributed by atoms with Crippen molar-refractivity contribution < 1.29 is 13.9 Å². The maximum Gasteiger partial charge on any atom is 0.126 e. The van der Waals surface area contributed by atoms with Crippen molar-refractivity contribution in [1.82, 2.24) is 10.6 Å². The molecule has 3 N–H and O–H groups in total. The molecule has 180 valence electrons. The number of aliphatic hydroxyl groups is 1. The Morgan fingerprint density at radius 2 is 1.73 bits per heavy atom. The summed E-state index contributed by atoms with van der Waals surface area (Å²) < 4.78 is 27.4. The van der Waals surface area contributed by atoms with E-state index in [4.69, 9.17) is 12.2 Å². The van der Waals surface area contributed by atoms with Gasteiger partial charge in [-0.3, -0.25) is 0 Å². The first-order chi connectivity index (χ1) is 15.7. The summed E-state index contributed by atoms with van der Waals surface area (Å²) in [5.74, 6) is -0.801. The first kappa shape index (κ1) is 25.7. The van der Waals surface area contributed by atoms with Crippen molar-refractivity contribution in [3.63, 3.8) is 0 Å². The molecule has 0 radical (unpaired) electrons. The molecule has 0 aliphatic heterocycles. The fourth-order valence-corrected chi connectivity index (χ4v) is 5.04. The minimum absolute atomic E-state index is 0.188. The van der Waals surface area contributed by atoms with Gasteiger partial charge in [-0.15, -0.1) is 0 Å². The summed E-state index contributed by atoms with van der Waals surface area (Å²) >= 11 is 5.21. The molecule has 0 spiro atoms. The molecular formula is C27H36F2N2OS. The predicted molar refractivity (Wildman–Crippen MR) is 135 cm³/mol. The summed E-state index contributed by atoms with van der Waals surface area (Å²) in [5, 5.41) is 17.9. The number of thiocarbonyl (C=S) groups is 1. The minimum Gasteiger partial charge on any atom is -0.390 e. The fourth-order valence-electron chi connectivity index (χ4n) is 4.89. The van der Waals surface area contributed by atoms with Gasteiger partial charge in [-0.1, -0.05) is 69.6 Å². The molecule has 1 aliphatic carbocycles. The van der Waals surface area contributed by atoms with Crippen molar-refractivity contribution >= 4 is 17.2 Å². The monoisotopic (exact) mass is 474 g/mol. The maximum absolute atomic E-state index is 13.7. The van der Waals surface area contributed by atoms with Crippen molar-refractivity contribution in [1.29, 1.82) is 0 Å². The van der Waals surface area contributed by atoms with E-state index in [-0.39, 0.29) is 12.0 Å². The van der Waals surface area contributed by atoms with Gasteiger partial charge in [0.1, 0.15) is 11.6 Å². The van der Waals surface area contributed by atoms with E-state index in [9.17, 15) is 13.9 Å². The van der Waals surface area contributed by atoms with Crippen molar-refractivity contribution in [3.05, 3.63) is 70.8 Å². The van der Waals surface area contributed by atoms with E-state index in [1.54, 1.807) is 6.92 Å². The van der Waals surface area contributed by atoms with Gasteiger partial charge >= 0.3 is 0 Å². The lowest BCUT2D eigenvalue weighted by molar-refractivity contribution is 0.110. The average Bonchev–Trinajstić information content (AvgIpc) is 2.77. The zero-order chi connectivity index (χ0) is 24.0. The van der Waals surface area contributed by atoms with Gasteiger partial charge in [0.2, 0.25) is 0 Å². The summed E-state index contributed by atoms with van der Waals surface area (Å²) in [7, 11) is 0. The van der Waals surface area contributed by atoms with E-state index in [1.165, 1.54) is 29.7 Å². The molecule has 1 saturated carbocycles. The molecule has 0 unspecified atom stereocenters. The molecule has 0 bridgehead atoms. The smallest absolute Gasteiger partial charge is 0.126 e. The molecule has 6 heteroatoms. The van der Waals surface area contributed by atoms with Crippen molar-refractivity contribution in [2.24, 2.45) is 0 Å². The van der Waals surface area contributed by atoms with E-state index in [0.717, 1.165) is 31.7 Å². The Labute approximate surface area is 202 Å². The summed E-state index contributed by atoms with van der Waals surface area (Å²) in [6.45, 7) is 6.49. The van der Waals surface area contributed by atoms with Crippen molar-refractivity contribution in [2.75, 3.05) is 6.54 Å². The van der Waals surface area contributed by atoms with E-state index >= 15 is 0 Å².